The van der Waals surface area contributed by atoms with E-state index in [0.717, 1.165) is 10.8 Å². The van der Waals surface area contributed by atoms with Crippen LogP contribution in [0.2, 0.25) is 0 Å². The average Bonchev–Trinajstić information content (AvgIpc) is 2.96. The molecule has 0 amide bonds. The molecule has 0 aliphatic heterocycles. The summed E-state index contributed by atoms with van der Waals surface area (Å²) in [6, 6.07) is 2.20. The molecule has 1 atom stereocenters. The lowest BCUT2D eigenvalue weighted by Crippen LogP contribution is -2.20. The highest BCUT2D eigenvalue weighted by Crippen LogP contribution is 2.46. The Morgan fingerprint density at radius 2 is 1.50 bits per heavy atom. The molecule has 0 aromatic carbocycles. The topological polar surface area (TPSA) is 18.5 Å². The maximum absolute atomic E-state index is 5.47. The molecule has 0 saturated heterocycles. The van der Waals surface area contributed by atoms with Crippen LogP contribution in [0.25, 0.3) is 0 Å². The van der Waals surface area contributed by atoms with Crippen LogP contribution in [0.3, 0.4) is 0 Å². The molecule has 2 nitrogen and oxygen atoms in total. The van der Waals surface area contributed by atoms with Crippen LogP contribution in [0.1, 0.15) is 83.4 Å². The Balaban J connectivity index is 2.84. The Bertz CT molecular complexity index is 392. The molecular weight excluding hydrogens is 292 g/mol. The van der Waals surface area contributed by atoms with Crippen molar-refractivity contribution in [3.63, 3.8) is 0 Å². The van der Waals surface area contributed by atoms with Gasteiger partial charge in [0.2, 0.25) is 5.06 Å². The number of hydrogen-bond donors (Lipinski definition) is 0. The highest BCUT2D eigenvalue weighted by Gasteiger charge is 2.29. The first-order valence-corrected chi connectivity index (χ1v) is 9.65. The zero-order valence-corrected chi connectivity index (χ0v) is 16.0. The molecule has 0 fully saturated rings. The zero-order valence-electron chi connectivity index (χ0n) is 15.2. The predicted molar refractivity (Wildman–Crippen MR) is 97.7 cm³/mol. The van der Waals surface area contributed by atoms with Gasteiger partial charge in [0.05, 0.1) is 14.2 Å². The van der Waals surface area contributed by atoms with Crippen molar-refractivity contribution in [3.8, 4) is 10.8 Å². The predicted octanol–water partition coefficient (Wildman–Crippen LogP) is 6.57. The summed E-state index contributed by atoms with van der Waals surface area (Å²) in [5.74, 6) is 0.887. The fourth-order valence-corrected chi connectivity index (χ4v) is 4.16. The molecule has 0 N–H and O–H groups in total. The Morgan fingerprint density at radius 3 is 2.00 bits per heavy atom. The van der Waals surface area contributed by atoms with E-state index in [2.05, 4.69) is 26.8 Å². The number of rotatable bonds is 12. The molecule has 0 spiro atoms. The normalized spacial score (nSPS) is 13.9. The minimum atomic E-state index is 0.262. The molecule has 0 aliphatic rings. The molecule has 0 radical (unpaired) electrons. The van der Waals surface area contributed by atoms with Crippen molar-refractivity contribution >= 4 is 11.3 Å². The summed E-state index contributed by atoms with van der Waals surface area (Å²) in [6.07, 6.45) is 11.8. The van der Waals surface area contributed by atoms with E-state index in [9.17, 15) is 0 Å². The van der Waals surface area contributed by atoms with Gasteiger partial charge in [-0.15, -0.1) is 0 Å². The van der Waals surface area contributed by atoms with Gasteiger partial charge in [0.15, 0.2) is 5.75 Å². The monoisotopic (exact) mass is 326 g/mol. The summed E-state index contributed by atoms with van der Waals surface area (Å²) in [6.45, 7) is 6.98. The van der Waals surface area contributed by atoms with Crippen molar-refractivity contribution < 1.29 is 9.47 Å². The smallest absolute Gasteiger partial charge is 0.216 e. The van der Waals surface area contributed by atoms with E-state index >= 15 is 0 Å². The minimum absolute atomic E-state index is 0.262. The standard InChI is InChI=1S/C19H34O2S/c1-6-8-10-12-14-19(3,13-11-9-7-2)17-15-16(20-4)18(21-5)22-17/h15H,6-14H2,1-5H3. The van der Waals surface area contributed by atoms with Crippen LogP contribution in [0.15, 0.2) is 6.07 Å². The maximum atomic E-state index is 5.47. The summed E-state index contributed by atoms with van der Waals surface area (Å²) in [7, 11) is 3.46. The van der Waals surface area contributed by atoms with Crippen LogP contribution in [-0.2, 0) is 5.41 Å². The van der Waals surface area contributed by atoms with E-state index in [-0.39, 0.29) is 5.41 Å². The van der Waals surface area contributed by atoms with Crippen LogP contribution in [0.5, 0.6) is 10.8 Å². The highest BCUT2D eigenvalue weighted by molar-refractivity contribution is 7.14. The van der Waals surface area contributed by atoms with E-state index in [1.807, 2.05) is 0 Å². The summed E-state index contributed by atoms with van der Waals surface area (Å²) in [5, 5.41) is 0.910. The van der Waals surface area contributed by atoms with E-state index in [0.29, 0.717) is 0 Å². The van der Waals surface area contributed by atoms with Crippen LogP contribution in [-0.4, -0.2) is 14.2 Å². The van der Waals surface area contributed by atoms with Gasteiger partial charge in [0, 0.05) is 10.3 Å². The maximum Gasteiger partial charge on any atom is 0.216 e. The van der Waals surface area contributed by atoms with Gasteiger partial charge in [-0.05, 0) is 18.9 Å². The molecule has 0 bridgehead atoms. The first-order valence-electron chi connectivity index (χ1n) is 8.83. The third-order valence-electron chi connectivity index (χ3n) is 4.58. The lowest BCUT2D eigenvalue weighted by molar-refractivity contribution is 0.360. The van der Waals surface area contributed by atoms with E-state index in [1.54, 1.807) is 25.6 Å². The lowest BCUT2D eigenvalue weighted by Gasteiger charge is -2.29. The number of methoxy groups -OCH3 is 2. The van der Waals surface area contributed by atoms with Crippen molar-refractivity contribution in [3.05, 3.63) is 10.9 Å². The summed E-state index contributed by atoms with van der Waals surface area (Å²) in [5.41, 5.74) is 0.262. The summed E-state index contributed by atoms with van der Waals surface area (Å²) < 4.78 is 10.9. The van der Waals surface area contributed by atoms with Crippen molar-refractivity contribution in [2.75, 3.05) is 14.2 Å². The van der Waals surface area contributed by atoms with Gasteiger partial charge in [-0.3, -0.25) is 0 Å². The third kappa shape index (κ3) is 5.49. The number of unbranched alkanes of at least 4 members (excludes halogenated alkanes) is 5. The second-order valence-corrected chi connectivity index (χ2v) is 7.51. The molecule has 3 heteroatoms. The Labute approximate surface area is 141 Å². The highest BCUT2D eigenvalue weighted by atomic mass is 32.1. The SMILES string of the molecule is CCCCCCC(C)(CCCCC)c1cc(OC)c(OC)s1. The molecule has 1 aromatic heterocycles. The first kappa shape index (κ1) is 19.3. The second kappa shape index (κ2) is 10.1. The Kier molecular flexibility index (Phi) is 8.92. The molecule has 0 saturated carbocycles. The molecule has 0 aliphatic carbocycles. The largest absolute Gasteiger partial charge is 0.492 e. The van der Waals surface area contributed by atoms with E-state index < -0.39 is 0 Å². The minimum Gasteiger partial charge on any atom is -0.492 e. The van der Waals surface area contributed by atoms with Crippen molar-refractivity contribution in [1.82, 2.24) is 0 Å². The van der Waals surface area contributed by atoms with Crippen molar-refractivity contribution in [1.29, 1.82) is 0 Å². The second-order valence-electron chi connectivity index (χ2n) is 6.50. The molecule has 22 heavy (non-hydrogen) atoms. The molecular formula is C19H34O2S. The molecule has 1 heterocycles. The number of ether oxygens (including phenoxy) is 2. The van der Waals surface area contributed by atoms with Gasteiger partial charge in [-0.2, -0.15) is 0 Å². The van der Waals surface area contributed by atoms with Crippen LogP contribution in [0, 0.1) is 0 Å². The fourth-order valence-electron chi connectivity index (χ4n) is 3.02. The Hall–Kier alpha value is -0.700. The zero-order chi connectivity index (χ0) is 16.4. The van der Waals surface area contributed by atoms with Gasteiger partial charge >= 0.3 is 0 Å². The number of thiophene rings is 1. The molecule has 1 aromatic rings. The molecule has 1 unspecified atom stereocenters. The van der Waals surface area contributed by atoms with Crippen molar-refractivity contribution in [2.45, 2.75) is 84.0 Å². The van der Waals surface area contributed by atoms with Gasteiger partial charge in [0.25, 0.3) is 0 Å². The summed E-state index contributed by atoms with van der Waals surface area (Å²) >= 11 is 1.77. The first-order chi connectivity index (χ1) is 10.6. The lowest BCUT2D eigenvalue weighted by atomic mass is 9.78. The van der Waals surface area contributed by atoms with Gasteiger partial charge < -0.3 is 9.47 Å². The number of hydrogen-bond acceptors (Lipinski definition) is 3. The average molecular weight is 327 g/mol. The fraction of sp³-hybridized carbons (Fsp3) is 0.789. The summed E-state index contributed by atoms with van der Waals surface area (Å²) in [4.78, 5) is 1.42. The van der Waals surface area contributed by atoms with Gasteiger partial charge in [-0.1, -0.05) is 77.1 Å². The van der Waals surface area contributed by atoms with E-state index in [1.165, 1.54) is 62.7 Å². The third-order valence-corrected chi connectivity index (χ3v) is 5.96. The Morgan fingerprint density at radius 1 is 0.909 bits per heavy atom. The van der Waals surface area contributed by atoms with Crippen molar-refractivity contribution in [2.24, 2.45) is 0 Å². The molecule has 1 rings (SSSR count). The van der Waals surface area contributed by atoms with Gasteiger partial charge in [-0.25, -0.2) is 0 Å². The quantitative estimate of drug-likeness (QED) is 0.404. The van der Waals surface area contributed by atoms with Crippen LogP contribution in [0.4, 0.5) is 0 Å². The van der Waals surface area contributed by atoms with E-state index in [4.69, 9.17) is 9.47 Å². The molecule has 128 valence electrons. The van der Waals surface area contributed by atoms with Crippen LogP contribution < -0.4 is 9.47 Å². The van der Waals surface area contributed by atoms with Gasteiger partial charge in [0.1, 0.15) is 0 Å². The van der Waals surface area contributed by atoms with Crippen LogP contribution >= 0.6 is 11.3 Å².